The standard InChI is InChI=1S/C14H19N3O5/c15-7-11(18)17(12(19)8-16)10(13(20)14(21)22)6-9-4-2-1-3-5-9/h1-5,10,13,20H,6-8,15-16H2,(H,21,22)/t10-,13+/m1/s1. The lowest BCUT2D eigenvalue weighted by molar-refractivity contribution is -0.157. The zero-order chi connectivity index (χ0) is 16.7. The third-order valence-corrected chi connectivity index (χ3v) is 3.12. The summed E-state index contributed by atoms with van der Waals surface area (Å²) >= 11 is 0. The Balaban J connectivity index is 3.18. The number of carbonyl (C=O) groups is 3. The fourth-order valence-corrected chi connectivity index (χ4v) is 2.07. The molecule has 0 bridgehead atoms. The number of benzene rings is 1. The van der Waals surface area contributed by atoms with E-state index in [-0.39, 0.29) is 6.42 Å². The van der Waals surface area contributed by atoms with Crippen LogP contribution in [0.1, 0.15) is 5.56 Å². The van der Waals surface area contributed by atoms with Crippen LogP contribution in [-0.4, -0.2) is 58.1 Å². The highest BCUT2D eigenvalue weighted by molar-refractivity contribution is 5.98. The van der Waals surface area contributed by atoms with Crippen molar-refractivity contribution in [2.75, 3.05) is 13.1 Å². The molecular formula is C14H19N3O5. The fourth-order valence-electron chi connectivity index (χ4n) is 2.07. The zero-order valence-electron chi connectivity index (χ0n) is 11.9. The van der Waals surface area contributed by atoms with Crippen LogP contribution in [0.5, 0.6) is 0 Å². The molecule has 8 nitrogen and oxygen atoms in total. The number of hydrogen-bond acceptors (Lipinski definition) is 6. The molecular weight excluding hydrogens is 290 g/mol. The summed E-state index contributed by atoms with van der Waals surface area (Å²) in [5.74, 6) is -3.13. The van der Waals surface area contributed by atoms with Crippen LogP contribution >= 0.6 is 0 Å². The maximum atomic E-state index is 11.9. The van der Waals surface area contributed by atoms with Crippen molar-refractivity contribution in [2.45, 2.75) is 18.6 Å². The lowest BCUT2D eigenvalue weighted by Gasteiger charge is -2.31. The van der Waals surface area contributed by atoms with E-state index in [9.17, 15) is 19.5 Å². The molecule has 22 heavy (non-hydrogen) atoms. The molecule has 0 heterocycles. The lowest BCUT2D eigenvalue weighted by atomic mass is 9.99. The third-order valence-electron chi connectivity index (χ3n) is 3.12. The van der Waals surface area contributed by atoms with E-state index in [4.69, 9.17) is 16.6 Å². The number of aliphatic hydroxyl groups is 1. The number of amides is 2. The van der Waals surface area contributed by atoms with Gasteiger partial charge >= 0.3 is 5.97 Å². The van der Waals surface area contributed by atoms with Gasteiger partial charge in [-0.15, -0.1) is 0 Å². The lowest BCUT2D eigenvalue weighted by Crippen LogP contribution is -2.56. The van der Waals surface area contributed by atoms with Crippen LogP contribution in [0.3, 0.4) is 0 Å². The highest BCUT2D eigenvalue weighted by atomic mass is 16.4. The Kier molecular flexibility index (Phi) is 6.64. The first-order chi connectivity index (χ1) is 10.4. The van der Waals surface area contributed by atoms with Crippen LogP contribution in [-0.2, 0) is 20.8 Å². The Morgan fingerprint density at radius 1 is 1.05 bits per heavy atom. The summed E-state index contributed by atoms with van der Waals surface area (Å²) in [6, 6.07) is 7.31. The molecule has 1 aromatic carbocycles. The van der Waals surface area contributed by atoms with Gasteiger partial charge in [-0.1, -0.05) is 30.3 Å². The van der Waals surface area contributed by atoms with Gasteiger partial charge in [0.1, 0.15) is 0 Å². The van der Waals surface area contributed by atoms with Crippen molar-refractivity contribution < 1.29 is 24.6 Å². The number of aliphatic carboxylic acids is 1. The Bertz CT molecular complexity index is 519. The predicted octanol–water partition coefficient (Wildman–Crippen LogP) is -1.68. The molecule has 0 saturated heterocycles. The average molecular weight is 309 g/mol. The average Bonchev–Trinajstić information content (AvgIpc) is 2.53. The monoisotopic (exact) mass is 309 g/mol. The summed E-state index contributed by atoms with van der Waals surface area (Å²) in [5.41, 5.74) is 11.2. The maximum absolute atomic E-state index is 11.9. The predicted molar refractivity (Wildman–Crippen MR) is 77.5 cm³/mol. The normalized spacial score (nSPS) is 13.2. The van der Waals surface area contributed by atoms with Crippen molar-refractivity contribution in [3.8, 4) is 0 Å². The molecule has 0 unspecified atom stereocenters. The molecule has 0 spiro atoms. The molecule has 2 atom stereocenters. The first kappa shape index (κ1) is 17.8. The number of imide groups is 1. The van der Waals surface area contributed by atoms with E-state index in [1.54, 1.807) is 30.3 Å². The Morgan fingerprint density at radius 2 is 1.55 bits per heavy atom. The van der Waals surface area contributed by atoms with Gasteiger partial charge < -0.3 is 21.7 Å². The molecule has 120 valence electrons. The van der Waals surface area contributed by atoms with Gasteiger partial charge in [0.05, 0.1) is 19.1 Å². The SMILES string of the molecule is NCC(=O)N(C(=O)CN)[C@H](Cc1ccccc1)[C@H](O)C(=O)O. The minimum atomic E-state index is -1.94. The van der Waals surface area contributed by atoms with Gasteiger partial charge in [-0.2, -0.15) is 0 Å². The van der Waals surface area contributed by atoms with Crippen molar-refractivity contribution in [1.82, 2.24) is 4.90 Å². The van der Waals surface area contributed by atoms with Gasteiger partial charge in [0.15, 0.2) is 6.10 Å². The van der Waals surface area contributed by atoms with Gasteiger partial charge in [-0.3, -0.25) is 14.5 Å². The zero-order valence-corrected chi connectivity index (χ0v) is 11.9. The molecule has 0 radical (unpaired) electrons. The van der Waals surface area contributed by atoms with E-state index in [2.05, 4.69) is 0 Å². The first-order valence-electron chi connectivity index (χ1n) is 6.62. The fraction of sp³-hybridized carbons (Fsp3) is 0.357. The number of carbonyl (C=O) groups excluding carboxylic acids is 2. The van der Waals surface area contributed by atoms with Crippen LogP contribution in [0, 0.1) is 0 Å². The molecule has 6 N–H and O–H groups in total. The summed E-state index contributed by atoms with van der Waals surface area (Å²) in [6.07, 6.45) is -1.96. The summed E-state index contributed by atoms with van der Waals surface area (Å²) in [5, 5.41) is 18.9. The largest absolute Gasteiger partial charge is 0.479 e. The number of hydrogen-bond donors (Lipinski definition) is 4. The van der Waals surface area contributed by atoms with E-state index in [1.807, 2.05) is 0 Å². The minimum absolute atomic E-state index is 0.0220. The molecule has 0 fully saturated rings. The van der Waals surface area contributed by atoms with Crippen molar-refractivity contribution >= 4 is 17.8 Å². The van der Waals surface area contributed by atoms with Gasteiger partial charge in [0, 0.05) is 0 Å². The maximum Gasteiger partial charge on any atom is 0.334 e. The molecule has 1 rings (SSSR count). The van der Waals surface area contributed by atoms with Crippen LogP contribution < -0.4 is 11.5 Å². The second-order valence-corrected chi connectivity index (χ2v) is 4.61. The molecule has 0 aliphatic carbocycles. The van der Waals surface area contributed by atoms with Gasteiger partial charge in [0.2, 0.25) is 11.8 Å². The third kappa shape index (κ3) is 4.35. The highest BCUT2D eigenvalue weighted by Crippen LogP contribution is 2.14. The molecule has 0 aromatic heterocycles. The number of carboxylic acids is 1. The quantitative estimate of drug-likeness (QED) is 0.470. The van der Waals surface area contributed by atoms with Crippen LogP contribution in [0.2, 0.25) is 0 Å². The van der Waals surface area contributed by atoms with E-state index in [0.717, 1.165) is 0 Å². The van der Waals surface area contributed by atoms with Gasteiger partial charge in [-0.05, 0) is 12.0 Å². The van der Waals surface area contributed by atoms with Crippen LogP contribution in [0.15, 0.2) is 30.3 Å². The van der Waals surface area contributed by atoms with Crippen molar-refractivity contribution in [3.63, 3.8) is 0 Å². The Morgan fingerprint density at radius 3 is 1.95 bits per heavy atom. The molecule has 8 heteroatoms. The van der Waals surface area contributed by atoms with Crippen molar-refractivity contribution in [1.29, 1.82) is 0 Å². The van der Waals surface area contributed by atoms with Gasteiger partial charge in [-0.25, -0.2) is 4.79 Å². The molecule has 2 amide bonds. The minimum Gasteiger partial charge on any atom is -0.479 e. The summed E-state index contributed by atoms with van der Waals surface area (Å²) < 4.78 is 0. The molecule has 0 aliphatic rings. The Labute approximate surface area is 127 Å². The first-order valence-corrected chi connectivity index (χ1v) is 6.62. The van der Waals surface area contributed by atoms with Gasteiger partial charge in [0.25, 0.3) is 0 Å². The summed E-state index contributed by atoms with van der Waals surface area (Å²) in [4.78, 5) is 35.5. The Hall–Kier alpha value is -2.29. The number of carboxylic acid groups (broad SMARTS) is 1. The second kappa shape index (κ2) is 8.23. The van der Waals surface area contributed by atoms with Crippen LogP contribution in [0.25, 0.3) is 0 Å². The molecule has 0 saturated carbocycles. The number of rotatable bonds is 7. The van der Waals surface area contributed by atoms with Crippen molar-refractivity contribution in [3.05, 3.63) is 35.9 Å². The topological polar surface area (TPSA) is 147 Å². The smallest absolute Gasteiger partial charge is 0.334 e. The van der Waals surface area contributed by atoms with E-state index in [0.29, 0.717) is 10.5 Å². The molecule has 1 aromatic rings. The van der Waals surface area contributed by atoms with Crippen LogP contribution in [0.4, 0.5) is 0 Å². The number of nitrogens with two attached hydrogens (primary N) is 2. The molecule has 0 aliphatic heterocycles. The summed E-state index contributed by atoms with van der Waals surface area (Å²) in [7, 11) is 0. The number of aliphatic hydroxyl groups excluding tert-OH is 1. The van der Waals surface area contributed by atoms with E-state index < -0.39 is 43.0 Å². The number of nitrogens with zero attached hydrogens (tertiary/aromatic N) is 1. The second-order valence-electron chi connectivity index (χ2n) is 4.61. The summed E-state index contributed by atoms with van der Waals surface area (Å²) in [6.45, 7) is -0.993. The van der Waals surface area contributed by atoms with E-state index >= 15 is 0 Å². The highest BCUT2D eigenvalue weighted by Gasteiger charge is 2.36. The van der Waals surface area contributed by atoms with E-state index in [1.165, 1.54) is 0 Å². The van der Waals surface area contributed by atoms with Crippen molar-refractivity contribution in [2.24, 2.45) is 11.5 Å².